The molecule has 0 aliphatic rings. The van der Waals surface area contributed by atoms with Crippen LogP contribution in [0.1, 0.15) is 10.5 Å². The minimum Gasteiger partial charge on any atom is -0.463 e. The fraction of sp³-hybridized carbons (Fsp3) is 0.286. The molecule has 4 nitrogen and oxygen atoms in total. The van der Waals surface area contributed by atoms with Gasteiger partial charge in [-0.1, -0.05) is 4.98 Å². The van der Waals surface area contributed by atoms with Crippen molar-refractivity contribution in [2.45, 2.75) is 0 Å². The third-order valence-corrected chi connectivity index (χ3v) is 1.33. The molecule has 1 rings (SSSR count). The number of rotatable bonds is 1. The molecule has 0 saturated carbocycles. The van der Waals surface area contributed by atoms with E-state index in [0.717, 1.165) is 0 Å². The summed E-state index contributed by atoms with van der Waals surface area (Å²) in [4.78, 5) is 14.8. The zero-order valence-electron chi connectivity index (χ0n) is 6.44. The normalized spacial score (nSPS) is 9.27. The first kappa shape index (κ1) is 7.65. The number of carbonyl (C=O) groups is 1. The molecule has 0 bridgehead atoms. The number of nitrogens with zero attached hydrogens (tertiary/aromatic N) is 2. The van der Waals surface area contributed by atoms with Gasteiger partial charge in [0.25, 0.3) is 6.33 Å². The van der Waals surface area contributed by atoms with Crippen LogP contribution in [0, 0.1) is 0 Å². The molecule has 0 atom stereocenters. The van der Waals surface area contributed by atoms with Crippen LogP contribution < -0.4 is 4.57 Å². The van der Waals surface area contributed by atoms with Gasteiger partial charge in [0.2, 0.25) is 5.69 Å². The van der Waals surface area contributed by atoms with Crippen molar-refractivity contribution < 1.29 is 14.1 Å². The summed E-state index contributed by atoms with van der Waals surface area (Å²) in [6.07, 6.45) is 3.10. The summed E-state index contributed by atoms with van der Waals surface area (Å²) in [5, 5.41) is 0. The SMILES string of the molecule is COC(=O)c1ccnc[n+]1C. The molecule has 0 aliphatic heterocycles. The van der Waals surface area contributed by atoms with Crippen molar-refractivity contribution in [3.05, 3.63) is 24.3 Å². The van der Waals surface area contributed by atoms with E-state index >= 15 is 0 Å². The maximum Gasteiger partial charge on any atom is 0.378 e. The minimum absolute atomic E-state index is 0.352. The van der Waals surface area contributed by atoms with E-state index in [1.165, 1.54) is 7.11 Å². The summed E-state index contributed by atoms with van der Waals surface area (Å²) >= 11 is 0. The van der Waals surface area contributed by atoms with Crippen molar-refractivity contribution in [1.29, 1.82) is 0 Å². The summed E-state index contributed by atoms with van der Waals surface area (Å²) in [5.74, 6) is -0.352. The van der Waals surface area contributed by atoms with E-state index in [0.29, 0.717) is 5.69 Å². The molecular formula is C7H9N2O2+. The summed E-state index contributed by atoms with van der Waals surface area (Å²) in [5.41, 5.74) is 0.488. The number of methoxy groups -OCH3 is 1. The monoisotopic (exact) mass is 153 g/mol. The first-order valence-corrected chi connectivity index (χ1v) is 3.13. The summed E-state index contributed by atoms with van der Waals surface area (Å²) in [6.45, 7) is 0. The molecule has 0 unspecified atom stereocenters. The van der Waals surface area contributed by atoms with Crippen molar-refractivity contribution in [3.8, 4) is 0 Å². The lowest BCUT2D eigenvalue weighted by atomic mass is 10.4. The Morgan fingerprint density at radius 2 is 2.45 bits per heavy atom. The van der Waals surface area contributed by atoms with Gasteiger partial charge < -0.3 is 4.74 Å². The highest BCUT2D eigenvalue weighted by atomic mass is 16.5. The quantitative estimate of drug-likeness (QED) is 0.410. The Bertz CT molecular complexity index is 273. The molecule has 1 heterocycles. The highest BCUT2D eigenvalue weighted by Crippen LogP contribution is 1.89. The molecule has 11 heavy (non-hydrogen) atoms. The second kappa shape index (κ2) is 3.09. The predicted molar refractivity (Wildman–Crippen MR) is 36.8 cm³/mol. The third kappa shape index (κ3) is 1.52. The maximum absolute atomic E-state index is 11.0. The predicted octanol–water partition coefficient (Wildman–Crippen LogP) is -0.307. The van der Waals surface area contributed by atoms with Crippen LogP contribution in [0.25, 0.3) is 0 Å². The molecule has 0 amide bonds. The average molecular weight is 153 g/mol. The van der Waals surface area contributed by atoms with Crippen LogP contribution >= 0.6 is 0 Å². The lowest BCUT2D eigenvalue weighted by Gasteiger charge is -1.96. The van der Waals surface area contributed by atoms with Crippen LogP contribution in [-0.4, -0.2) is 18.1 Å². The number of aryl methyl sites for hydroxylation is 1. The standard InChI is InChI=1S/C7H9N2O2/c1-9-5-8-4-3-6(9)7(10)11-2/h3-5H,1-2H3/q+1. The van der Waals surface area contributed by atoms with Crippen molar-refractivity contribution in [1.82, 2.24) is 4.98 Å². The molecule has 0 radical (unpaired) electrons. The summed E-state index contributed by atoms with van der Waals surface area (Å²) in [7, 11) is 3.09. The van der Waals surface area contributed by atoms with Gasteiger partial charge in [-0.2, -0.15) is 0 Å². The second-order valence-electron chi connectivity index (χ2n) is 2.07. The Kier molecular flexibility index (Phi) is 2.15. The van der Waals surface area contributed by atoms with Gasteiger partial charge in [-0.25, -0.2) is 9.36 Å². The molecule has 0 aromatic carbocycles. The highest BCUT2D eigenvalue weighted by molar-refractivity contribution is 5.85. The van der Waals surface area contributed by atoms with Crippen LogP contribution in [0.2, 0.25) is 0 Å². The van der Waals surface area contributed by atoms with Crippen LogP contribution in [0.5, 0.6) is 0 Å². The Balaban J connectivity index is 3.03. The number of hydrogen-bond donors (Lipinski definition) is 0. The zero-order valence-corrected chi connectivity index (χ0v) is 6.44. The van der Waals surface area contributed by atoms with Gasteiger partial charge in [0, 0.05) is 6.07 Å². The largest absolute Gasteiger partial charge is 0.463 e. The van der Waals surface area contributed by atoms with Gasteiger partial charge in [0.05, 0.1) is 14.2 Å². The fourth-order valence-corrected chi connectivity index (χ4v) is 0.748. The van der Waals surface area contributed by atoms with Gasteiger partial charge in [0.1, 0.15) is 6.20 Å². The summed E-state index contributed by atoms with van der Waals surface area (Å²) < 4.78 is 6.13. The molecule has 0 aliphatic carbocycles. The van der Waals surface area contributed by atoms with Crippen molar-refractivity contribution in [2.24, 2.45) is 7.05 Å². The first-order valence-electron chi connectivity index (χ1n) is 3.13. The molecule has 0 saturated heterocycles. The Morgan fingerprint density at radius 1 is 1.73 bits per heavy atom. The maximum atomic E-state index is 11.0. The van der Waals surface area contributed by atoms with Crippen LogP contribution in [0.3, 0.4) is 0 Å². The third-order valence-electron chi connectivity index (χ3n) is 1.33. The van der Waals surface area contributed by atoms with E-state index in [-0.39, 0.29) is 5.97 Å². The number of esters is 1. The van der Waals surface area contributed by atoms with Gasteiger partial charge in [-0.3, -0.25) is 0 Å². The Morgan fingerprint density at radius 3 is 3.00 bits per heavy atom. The van der Waals surface area contributed by atoms with E-state index in [2.05, 4.69) is 9.72 Å². The van der Waals surface area contributed by atoms with Crippen molar-refractivity contribution in [3.63, 3.8) is 0 Å². The second-order valence-corrected chi connectivity index (χ2v) is 2.07. The van der Waals surface area contributed by atoms with Crippen LogP contribution in [0.15, 0.2) is 18.6 Å². The van der Waals surface area contributed by atoms with E-state index < -0.39 is 0 Å². The van der Waals surface area contributed by atoms with Gasteiger partial charge in [-0.15, -0.1) is 0 Å². The van der Waals surface area contributed by atoms with E-state index in [9.17, 15) is 4.79 Å². The molecule has 0 spiro atoms. The average Bonchev–Trinajstić information content (AvgIpc) is 2.04. The molecule has 4 heteroatoms. The highest BCUT2D eigenvalue weighted by Gasteiger charge is 2.12. The smallest absolute Gasteiger partial charge is 0.378 e. The van der Waals surface area contributed by atoms with Crippen molar-refractivity contribution >= 4 is 5.97 Å². The molecular weight excluding hydrogens is 144 g/mol. The molecule has 1 aromatic heterocycles. The first-order chi connectivity index (χ1) is 5.25. The topological polar surface area (TPSA) is 43.1 Å². The molecule has 0 N–H and O–H groups in total. The number of aromatic nitrogens is 2. The van der Waals surface area contributed by atoms with E-state index in [4.69, 9.17) is 0 Å². The van der Waals surface area contributed by atoms with Gasteiger partial charge in [-0.05, 0) is 0 Å². The van der Waals surface area contributed by atoms with Gasteiger partial charge in [0.15, 0.2) is 0 Å². The molecule has 0 fully saturated rings. The van der Waals surface area contributed by atoms with Crippen LogP contribution in [0.4, 0.5) is 0 Å². The molecule has 58 valence electrons. The van der Waals surface area contributed by atoms with E-state index in [1.54, 1.807) is 30.2 Å². The van der Waals surface area contributed by atoms with E-state index in [1.807, 2.05) is 0 Å². The van der Waals surface area contributed by atoms with Crippen molar-refractivity contribution in [2.75, 3.05) is 7.11 Å². The van der Waals surface area contributed by atoms with Gasteiger partial charge >= 0.3 is 5.97 Å². The number of hydrogen-bond acceptors (Lipinski definition) is 3. The van der Waals surface area contributed by atoms with Crippen LogP contribution in [-0.2, 0) is 11.8 Å². The number of ether oxygens (including phenoxy) is 1. The zero-order chi connectivity index (χ0) is 8.27. The summed E-state index contributed by atoms with van der Waals surface area (Å²) in [6, 6.07) is 1.60. The lowest BCUT2D eigenvalue weighted by Crippen LogP contribution is -2.36. The Hall–Kier alpha value is -1.45. The lowest BCUT2D eigenvalue weighted by molar-refractivity contribution is -0.677. The minimum atomic E-state index is -0.352. The number of carbonyl (C=O) groups excluding carboxylic acids is 1. The Labute approximate surface area is 64.5 Å². The molecule has 1 aromatic rings. The fourth-order valence-electron chi connectivity index (χ4n) is 0.748.